The molecule has 0 fully saturated rings. The number of aromatic nitrogens is 1. The molecule has 1 heterocycles. The predicted octanol–water partition coefficient (Wildman–Crippen LogP) is 3.92. The van der Waals surface area contributed by atoms with Gasteiger partial charge in [0.15, 0.2) is 17.3 Å². The highest BCUT2D eigenvalue weighted by molar-refractivity contribution is 6.33. The Labute approximate surface area is 146 Å². The van der Waals surface area contributed by atoms with E-state index in [1.165, 1.54) is 31.4 Å². The summed E-state index contributed by atoms with van der Waals surface area (Å²) in [6.07, 6.45) is 0. The minimum atomic E-state index is -0.786. The second kappa shape index (κ2) is 5.53. The Morgan fingerprint density at radius 3 is 2.44 bits per heavy atom. The van der Waals surface area contributed by atoms with Crippen LogP contribution in [0.3, 0.4) is 0 Å². The molecule has 0 saturated heterocycles. The Bertz CT molecular complexity index is 1000. The van der Waals surface area contributed by atoms with Crippen LogP contribution in [0.2, 0.25) is 5.02 Å². The Kier molecular flexibility index (Phi) is 3.43. The van der Waals surface area contributed by atoms with Gasteiger partial charge >= 0.3 is 0 Å². The van der Waals surface area contributed by atoms with E-state index in [1.54, 1.807) is 12.1 Å². The molecule has 3 aromatic rings. The van der Waals surface area contributed by atoms with E-state index in [9.17, 15) is 14.0 Å². The molecule has 0 bridgehead atoms. The second-order valence-electron chi connectivity index (χ2n) is 5.34. The fourth-order valence-electron chi connectivity index (χ4n) is 2.75. The van der Waals surface area contributed by atoms with Crippen LogP contribution >= 0.6 is 11.6 Å². The molecule has 0 amide bonds. The number of ether oxygens (including phenoxy) is 1. The summed E-state index contributed by atoms with van der Waals surface area (Å²) >= 11 is 6.05. The summed E-state index contributed by atoms with van der Waals surface area (Å²) in [6, 6.07) is 9.13. The molecule has 0 radical (unpaired) electrons. The number of hydrogen-bond donors (Lipinski definition) is 0. The van der Waals surface area contributed by atoms with Gasteiger partial charge in [0, 0.05) is 11.1 Å². The third-order valence-electron chi connectivity index (χ3n) is 3.95. The summed E-state index contributed by atoms with van der Waals surface area (Å²) in [7, 11) is 1.31. The SMILES string of the molecule is COc1ccc(Cl)c(-c2nc3c(o2)C(=O)c2ccccc2C3=O)c1F. The zero-order valence-electron chi connectivity index (χ0n) is 12.8. The maximum atomic E-state index is 14.6. The van der Waals surface area contributed by atoms with Gasteiger partial charge in [-0.25, -0.2) is 9.37 Å². The van der Waals surface area contributed by atoms with Crippen LogP contribution in [0, 0.1) is 5.82 Å². The van der Waals surface area contributed by atoms with E-state index in [2.05, 4.69) is 4.98 Å². The standard InChI is InChI=1S/C18H9ClFNO4/c1-24-11-7-6-10(19)12(13(11)20)18-21-14-15(22)8-4-2-3-5-9(8)16(23)17(14)25-18/h2-7H,1H3. The average Bonchev–Trinajstić information content (AvgIpc) is 3.05. The predicted molar refractivity (Wildman–Crippen MR) is 86.8 cm³/mol. The molecule has 2 aromatic carbocycles. The van der Waals surface area contributed by atoms with Gasteiger partial charge in [0.2, 0.25) is 23.2 Å². The third kappa shape index (κ3) is 2.18. The monoisotopic (exact) mass is 357 g/mol. The number of halogens is 2. The van der Waals surface area contributed by atoms with Crippen LogP contribution in [0.5, 0.6) is 5.75 Å². The topological polar surface area (TPSA) is 69.4 Å². The number of fused-ring (bicyclic) bond motifs is 2. The summed E-state index contributed by atoms with van der Waals surface area (Å²) in [6.45, 7) is 0. The Hall–Kier alpha value is -2.99. The maximum Gasteiger partial charge on any atom is 0.232 e. The molecule has 1 aliphatic rings. The van der Waals surface area contributed by atoms with Crippen molar-refractivity contribution in [2.45, 2.75) is 0 Å². The number of carbonyl (C=O) groups is 2. The first kappa shape index (κ1) is 15.5. The minimum absolute atomic E-state index is 0.0225. The smallest absolute Gasteiger partial charge is 0.232 e. The second-order valence-corrected chi connectivity index (χ2v) is 5.75. The number of carbonyl (C=O) groups excluding carboxylic acids is 2. The fourth-order valence-corrected chi connectivity index (χ4v) is 2.98. The normalized spacial score (nSPS) is 12.8. The van der Waals surface area contributed by atoms with Crippen molar-refractivity contribution in [3.05, 3.63) is 69.8 Å². The van der Waals surface area contributed by atoms with Gasteiger partial charge in [-0.15, -0.1) is 0 Å². The van der Waals surface area contributed by atoms with E-state index in [4.69, 9.17) is 20.8 Å². The molecule has 0 spiro atoms. The highest BCUT2D eigenvalue weighted by Crippen LogP contribution is 2.37. The highest BCUT2D eigenvalue weighted by atomic mass is 35.5. The summed E-state index contributed by atoms with van der Waals surface area (Å²) in [5.74, 6) is -2.26. The molecule has 1 aromatic heterocycles. The van der Waals surface area contributed by atoms with E-state index in [1.807, 2.05) is 0 Å². The molecular weight excluding hydrogens is 349 g/mol. The zero-order valence-corrected chi connectivity index (χ0v) is 13.6. The molecule has 25 heavy (non-hydrogen) atoms. The van der Waals surface area contributed by atoms with E-state index in [0.29, 0.717) is 0 Å². The van der Waals surface area contributed by atoms with Gasteiger partial charge in [-0.3, -0.25) is 9.59 Å². The van der Waals surface area contributed by atoms with Crippen molar-refractivity contribution in [2.75, 3.05) is 7.11 Å². The molecular formula is C18H9ClFNO4. The van der Waals surface area contributed by atoms with E-state index in [0.717, 1.165) is 0 Å². The van der Waals surface area contributed by atoms with Gasteiger partial charge in [0.05, 0.1) is 17.7 Å². The molecule has 0 N–H and O–H groups in total. The third-order valence-corrected chi connectivity index (χ3v) is 4.27. The molecule has 5 nitrogen and oxygen atoms in total. The molecule has 4 rings (SSSR count). The van der Waals surface area contributed by atoms with Gasteiger partial charge in [-0.1, -0.05) is 35.9 Å². The Balaban J connectivity index is 1.93. The molecule has 1 aliphatic carbocycles. The molecule has 0 atom stereocenters. The van der Waals surface area contributed by atoms with Crippen LogP contribution < -0.4 is 4.74 Å². The maximum absolute atomic E-state index is 14.6. The summed E-state index contributed by atoms with van der Waals surface area (Å²) in [4.78, 5) is 29.2. The zero-order chi connectivity index (χ0) is 17.7. The van der Waals surface area contributed by atoms with Gasteiger partial charge in [0.25, 0.3) is 0 Å². The minimum Gasteiger partial charge on any atom is -0.494 e. The van der Waals surface area contributed by atoms with Crippen molar-refractivity contribution < 1.29 is 23.1 Å². The lowest BCUT2D eigenvalue weighted by atomic mass is 9.91. The first-order chi connectivity index (χ1) is 12.0. The van der Waals surface area contributed by atoms with Gasteiger partial charge in [-0.2, -0.15) is 0 Å². The van der Waals surface area contributed by atoms with Crippen LogP contribution in [0.4, 0.5) is 4.39 Å². The molecule has 124 valence electrons. The highest BCUT2D eigenvalue weighted by Gasteiger charge is 2.36. The van der Waals surface area contributed by atoms with Gasteiger partial charge < -0.3 is 9.15 Å². The van der Waals surface area contributed by atoms with Crippen LogP contribution in [-0.4, -0.2) is 23.7 Å². The lowest BCUT2D eigenvalue weighted by Gasteiger charge is -2.10. The van der Waals surface area contributed by atoms with Crippen LogP contribution in [-0.2, 0) is 0 Å². The Morgan fingerprint density at radius 1 is 1.08 bits per heavy atom. The largest absolute Gasteiger partial charge is 0.494 e. The van der Waals surface area contributed by atoms with Crippen molar-refractivity contribution in [1.82, 2.24) is 4.98 Å². The van der Waals surface area contributed by atoms with E-state index < -0.39 is 17.4 Å². The fraction of sp³-hybridized carbons (Fsp3) is 0.0556. The lowest BCUT2D eigenvalue weighted by molar-refractivity contribution is 0.0959. The lowest BCUT2D eigenvalue weighted by Crippen LogP contribution is -2.19. The molecule has 0 saturated carbocycles. The number of oxazole rings is 1. The van der Waals surface area contributed by atoms with E-state index in [-0.39, 0.29) is 44.8 Å². The number of rotatable bonds is 2. The van der Waals surface area contributed by atoms with Gasteiger partial charge in [-0.05, 0) is 12.1 Å². The average molecular weight is 358 g/mol. The first-order valence-electron chi connectivity index (χ1n) is 7.24. The van der Waals surface area contributed by atoms with Crippen LogP contribution in [0.25, 0.3) is 11.5 Å². The molecule has 7 heteroatoms. The number of benzene rings is 2. The van der Waals surface area contributed by atoms with Gasteiger partial charge in [0.1, 0.15) is 0 Å². The molecule has 0 aliphatic heterocycles. The number of methoxy groups -OCH3 is 1. The van der Waals surface area contributed by atoms with Crippen molar-refractivity contribution in [3.63, 3.8) is 0 Å². The quantitative estimate of drug-likeness (QED) is 0.544. The van der Waals surface area contributed by atoms with Crippen LogP contribution in [0.15, 0.2) is 40.8 Å². The first-order valence-corrected chi connectivity index (χ1v) is 7.62. The van der Waals surface area contributed by atoms with Crippen LogP contribution in [0.1, 0.15) is 32.2 Å². The Morgan fingerprint density at radius 2 is 1.76 bits per heavy atom. The number of hydrogen-bond acceptors (Lipinski definition) is 5. The van der Waals surface area contributed by atoms with Crippen molar-refractivity contribution in [1.29, 1.82) is 0 Å². The molecule has 0 unspecified atom stereocenters. The summed E-state index contributed by atoms with van der Waals surface area (Å²) in [5.41, 5.74) is 0.133. The number of ketones is 2. The van der Waals surface area contributed by atoms with Crippen molar-refractivity contribution in [2.24, 2.45) is 0 Å². The van der Waals surface area contributed by atoms with Crippen molar-refractivity contribution in [3.8, 4) is 17.2 Å². The van der Waals surface area contributed by atoms with E-state index >= 15 is 0 Å². The summed E-state index contributed by atoms with van der Waals surface area (Å²) in [5, 5.41) is 0.0225. The van der Waals surface area contributed by atoms with Crippen molar-refractivity contribution >= 4 is 23.2 Å². The number of nitrogens with zero attached hydrogens (tertiary/aromatic N) is 1. The summed E-state index contributed by atoms with van der Waals surface area (Å²) < 4.78 is 24.9.